The maximum absolute atomic E-state index is 6.04. The third kappa shape index (κ3) is 8.63. The van der Waals surface area contributed by atoms with Crippen LogP contribution in [-0.4, -0.2) is 51.1 Å². The van der Waals surface area contributed by atoms with Gasteiger partial charge >= 0.3 is 0 Å². The molecule has 0 amide bonds. The molecule has 152 valence electrons. The number of benzene rings is 1. The van der Waals surface area contributed by atoms with Gasteiger partial charge in [0.05, 0.1) is 6.10 Å². The second-order valence-corrected chi connectivity index (χ2v) is 7.71. The second-order valence-electron chi connectivity index (χ2n) is 7.71. The van der Waals surface area contributed by atoms with Crippen molar-refractivity contribution in [2.75, 3.05) is 33.4 Å². The van der Waals surface area contributed by atoms with Crippen molar-refractivity contribution in [1.29, 1.82) is 0 Å². The normalized spacial score (nSPS) is 16.2. The highest BCUT2D eigenvalue weighted by Gasteiger charge is 2.15. The average molecular weight is 378 g/mol. The molecule has 0 aromatic heterocycles. The largest absolute Gasteiger partial charge is 0.488 e. The zero-order valence-electron chi connectivity index (χ0n) is 17.2. The smallest absolute Gasteiger partial charge is 0.191 e. The lowest BCUT2D eigenvalue weighted by Gasteiger charge is -2.23. The van der Waals surface area contributed by atoms with E-state index < -0.39 is 0 Å². The van der Waals surface area contributed by atoms with E-state index in [1.165, 1.54) is 0 Å². The van der Waals surface area contributed by atoms with Crippen molar-refractivity contribution in [3.63, 3.8) is 0 Å². The van der Waals surface area contributed by atoms with E-state index in [9.17, 15) is 0 Å². The summed E-state index contributed by atoms with van der Waals surface area (Å²) in [5.74, 6) is 1.68. The molecule has 0 unspecified atom stereocenters. The molecule has 0 bridgehead atoms. The molecule has 1 aromatic rings. The van der Waals surface area contributed by atoms with Gasteiger partial charge in [-0.25, -0.2) is 0 Å². The Labute approximate surface area is 163 Å². The van der Waals surface area contributed by atoms with Gasteiger partial charge in [0, 0.05) is 45.5 Å². The molecular weight excluding hydrogens is 342 g/mol. The maximum atomic E-state index is 6.04. The van der Waals surface area contributed by atoms with E-state index in [1.54, 1.807) is 7.05 Å². The van der Waals surface area contributed by atoms with Crippen LogP contribution in [0.25, 0.3) is 0 Å². The van der Waals surface area contributed by atoms with Gasteiger partial charge in [-0.2, -0.15) is 0 Å². The molecule has 0 spiro atoms. The van der Waals surface area contributed by atoms with E-state index in [4.69, 9.17) is 14.2 Å². The summed E-state index contributed by atoms with van der Waals surface area (Å²) in [6.45, 7) is 10.0. The Hall–Kier alpha value is -1.79. The van der Waals surface area contributed by atoms with E-state index >= 15 is 0 Å². The average Bonchev–Trinajstić information content (AvgIpc) is 2.64. The first-order valence-electron chi connectivity index (χ1n) is 9.89. The zero-order chi connectivity index (χ0) is 19.5. The lowest BCUT2D eigenvalue weighted by atomic mass is 10.1. The molecule has 1 fully saturated rings. The molecule has 1 aliphatic heterocycles. The molecule has 0 radical (unpaired) electrons. The molecule has 0 atom stereocenters. The van der Waals surface area contributed by atoms with Crippen molar-refractivity contribution in [3.05, 3.63) is 29.8 Å². The predicted molar refractivity (Wildman–Crippen MR) is 109 cm³/mol. The Morgan fingerprint density at radius 2 is 1.93 bits per heavy atom. The highest BCUT2D eigenvalue weighted by molar-refractivity contribution is 5.79. The summed E-state index contributed by atoms with van der Waals surface area (Å²) in [5, 5.41) is 6.69. The molecular formula is C21H35N3O3. The molecule has 0 saturated carbocycles. The molecule has 2 rings (SSSR count). The number of nitrogens with zero attached hydrogens (tertiary/aromatic N) is 1. The van der Waals surface area contributed by atoms with Crippen LogP contribution in [0.5, 0.6) is 5.75 Å². The highest BCUT2D eigenvalue weighted by atomic mass is 16.5. The van der Waals surface area contributed by atoms with Crippen LogP contribution in [0.3, 0.4) is 0 Å². The van der Waals surface area contributed by atoms with E-state index in [2.05, 4.69) is 42.5 Å². The SMILES string of the molecule is CN=C(NCCCOC1CCOCC1)NCc1ccccc1OC(C)(C)C. The highest BCUT2D eigenvalue weighted by Crippen LogP contribution is 2.22. The van der Waals surface area contributed by atoms with Gasteiger partial charge < -0.3 is 24.8 Å². The fourth-order valence-electron chi connectivity index (χ4n) is 2.85. The van der Waals surface area contributed by atoms with Crippen LogP contribution in [0, 0.1) is 0 Å². The molecule has 1 heterocycles. The van der Waals surface area contributed by atoms with Crippen LogP contribution < -0.4 is 15.4 Å². The Kier molecular flexibility index (Phi) is 8.88. The van der Waals surface area contributed by atoms with E-state index in [1.807, 2.05) is 18.2 Å². The minimum atomic E-state index is -0.222. The van der Waals surface area contributed by atoms with Crippen molar-refractivity contribution in [3.8, 4) is 5.75 Å². The summed E-state index contributed by atoms with van der Waals surface area (Å²) in [7, 11) is 1.78. The van der Waals surface area contributed by atoms with Gasteiger partial charge in [-0.05, 0) is 46.1 Å². The number of guanidine groups is 1. The number of ether oxygens (including phenoxy) is 3. The van der Waals surface area contributed by atoms with Crippen LogP contribution in [0.2, 0.25) is 0 Å². The van der Waals surface area contributed by atoms with Crippen molar-refractivity contribution in [2.24, 2.45) is 4.99 Å². The summed E-state index contributed by atoms with van der Waals surface area (Å²) in [6.07, 6.45) is 3.32. The van der Waals surface area contributed by atoms with Crippen molar-refractivity contribution in [1.82, 2.24) is 10.6 Å². The van der Waals surface area contributed by atoms with Crippen molar-refractivity contribution in [2.45, 2.75) is 58.3 Å². The van der Waals surface area contributed by atoms with Gasteiger partial charge in [0.25, 0.3) is 0 Å². The lowest BCUT2D eigenvalue weighted by Crippen LogP contribution is -2.38. The molecule has 6 nitrogen and oxygen atoms in total. The molecule has 1 aliphatic rings. The number of hydrogen-bond acceptors (Lipinski definition) is 4. The fraction of sp³-hybridized carbons (Fsp3) is 0.667. The number of aliphatic imine (C=N–C) groups is 1. The summed E-state index contributed by atoms with van der Waals surface area (Å²) in [5.41, 5.74) is 0.888. The molecule has 1 saturated heterocycles. The fourth-order valence-corrected chi connectivity index (χ4v) is 2.85. The summed E-state index contributed by atoms with van der Waals surface area (Å²) in [6, 6.07) is 8.10. The van der Waals surface area contributed by atoms with Crippen molar-refractivity contribution < 1.29 is 14.2 Å². The van der Waals surface area contributed by atoms with Crippen LogP contribution in [0.1, 0.15) is 45.6 Å². The number of hydrogen-bond donors (Lipinski definition) is 2. The monoisotopic (exact) mass is 377 g/mol. The van der Waals surface area contributed by atoms with Crippen LogP contribution in [-0.2, 0) is 16.0 Å². The molecule has 6 heteroatoms. The Morgan fingerprint density at radius 3 is 2.63 bits per heavy atom. The maximum Gasteiger partial charge on any atom is 0.191 e. The molecule has 2 N–H and O–H groups in total. The quantitative estimate of drug-likeness (QED) is 0.414. The van der Waals surface area contributed by atoms with Crippen LogP contribution >= 0.6 is 0 Å². The van der Waals surface area contributed by atoms with Gasteiger partial charge in [0.2, 0.25) is 0 Å². The van der Waals surface area contributed by atoms with Gasteiger partial charge in [-0.1, -0.05) is 18.2 Å². The first kappa shape index (κ1) is 21.5. The molecule has 1 aromatic carbocycles. The molecule has 0 aliphatic carbocycles. The number of para-hydroxylation sites is 1. The third-order valence-corrected chi connectivity index (χ3v) is 4.19. The van der Waals surface area contributed by atoms with Gasteiger partial charge in [-0.15, -0.1) is 0 Å². The number of rotatable bonds is 8. The summed E-state index contributed by atoms with van der Waals surface area (Å²) >= 11 is 0. The first-order valence-corrected chi connectivity index (χ1v) is 9.89. The molecule has 27 heavy (non-hydrogen) atoms. The Morgan fingerprint density at radius 1 is 1.19 bits per heavy atom. The standard InChI is InChI=1S/C21H35N3O3/c1-21(2,3)27-19-9-6-5-8-17(19)16-24-20(22-4)23-12-7-13-26-18-10-14-25-15-11-18/h5-6,8-9,18H,7,10-16H2,1-4H3,(H2,22,23,24). The Balaban J connectivity index is 1.69. The topological polar surface area (TPSA) is 64.1 Å². The van der Waals surface area contributed by atoms with E-state index in [0.717, 1.165) is 62.9 Å². The predicted octanol–water partition coefficient (Wildman–Crippen LogP) is 3.11. The second kappa shape index (κ2) is 11.1. The summed E-state index contributed by atoms with van der Waals surface area (Å²) in [4.78, 5) is 4.29. The van der Waals surface area contributed by atoms with Crippen molar-refractivity contribution >= 4 is 5.96 Å². The van der Waals surface area contributed by atoms with E-state index in [-0.39, 0.29) is 5.60 Å². The minimum absolute atomic E-state index is 0.222. The van der Waals surface area contributed by atoms with Crippen LogP contribution in [0.15, 0.2) is 29.3 Å². The van der Waals surface area contributed by atoms with Gasteiger partial charge in [-0.3, -0.25) is 4.99 Å². The summed E-state index contributed by atoms with van der Waals surface area (Å²) < 4.78 is 17.3. The number of nitrogens with one attached hydrogen (secondary N) is 2. The van der Waals surface area contributed by atoms with Gasteiger partial charge in [0.15, 0.2) is 5.96 Å². The third-order valence-electron chi connectivity index (χ3n) is 4.19. The zero-order valence-corrected chi connectivity index (χ0v) is 17.2. The van der Waals surface area contributed by atoms with Crippen LogP contribution in [0.4, 0.5) is 0 Å². The minimum Gasteiger partial charge on any atom is -0.488 e. The lowest BCUT2D eigenvalue weighted by molar-refractivity contribution is -0.0320. The Bertz CT molecular complexity index is 578. The van der Waals surface area contributed by atoms with E-state index in [0.29, 0.717) is 12.6 Å². The first-order chi connectivity index (χ1) is 13.0. The van der Waals surface area contributed by atoms with Gasteiger partial charge in [0.1, 0.15) is 11.4 Å².